The van der Waals surface area contributed by atoms with Crippen molar-refractivity contribution >= 4 is 17.7 Å². The van der Waals surface area contributed by atoms with Crippen LogP contribution in [0.25, 0.3) is 0 Å². The van der Waals surface area contributed by atoms with Crippen molar-refractivity contribution in [3.05, 3.63) is 29.8 Å². The van der Waals surface area contributed by atoms with E-state index < -0.39 is 5.60 Å². The van der Waals surface area contributed by atoms with Crippen molar-refractivity contribution in [2.24, 2.45) is 0 Å². The summed E-state index contributed by atoms with van der Waals surface area (Å²) in [6, 6.07) is 6.82. The van der Waals surface area contributed by atoms with Gasteiger partial charge in [-0.2, -0.15) is 0 Å². The van der Waals surface area contributed by atoms with Gasteiger partial charge in [0.25, 0.3) is 5.91 Å². The second-order valence-corrected chi connectivity index (χ2v) is 6.90. The number of ether oxygens (including phenoxy) is 1. The first-order valence-corrected chi connectivity index (χ1v) is 7.82. The first kappa shape index (κ1) is 17.1. The van der Waals surface area contributed by atoms with Gasteiger partial charge in [0.15, 0.2) is 0 Å². The lowest BCUT2D eigenvalue weighted by atomic mass is 10.1. The quantitative estimate of drug-likeness (QED) is 0.806. The number of hydrogen-bond donors (Lipinski definition) is 1. The van der Waals surface area contributed by atoms with E-state index in [1.165, 1.54) is 0 Å². The fourth-order valence-electron chi connectivity index (χ4n) is 2.54. The van der Waals surface area contributed by atoms with Crippen molar-refractivity contribution in [2.45, 2.75) is 39.3 Å². The smallest absolute Gasteiger partial charge is 0.410 e. The number of piperazine rings is 1. The molecule has 0 unspecified atom stereocenters. The molecule has 1 heterocycles. The Bertz CT molecular complexity index is 578. The molecule has 6 heteroatoms. The largest absolute Gasteiger partial charge is 0.444 e. The van der Waals surface area contributed by atoms with Crippen molar-refractivity contribution in [2.75, 3.05) is 25.4 Å². The Morgan fingerprint density at radius 1 is 1.17 bits per heavy atom. The maximum atomic E-state index is 12.6. The average Bonchev–Trinajstić information content (AvgIpc) is 2.45. The van der Waals surface area contributed by atoms with Gasteiger partial charge in [-0.3, -0.25) is 4.79 Å². The molecule has 0 bridgehead atoms. The van der Waals surface area contributed by atoms with Crippen LogP contribution in [-0.2, 0) is 4.74 Å². The van der Waals surface area contributed by atoms with Gasteiger partial charge in [-0.15, -0.1) is 0 Å². The molecule has 2 amide bonds. The zero-order chi connectivity index (χ0) is 17.2. The van der Waals surface area contributed by atoms with Crippen LogP contribution in [0.5, 0.6) is 0 Å². The zero-order valence-electron chi connectivity index (χ0n) is 14.2. The SMILES string of the molecule is C[C@@H]1CN(C(=O)OC(C)(C)C)CCN1C(=O)c1ccc(N)cc1. The van der Waals surface area contributed by atoms with Crippen molar-refractivity contribution in [1.82, 2.24) is 9.80 Å². The van der Waals surface area contributed by atoms with Crippen LogP contribution >= 0.6 is 0 Å². The van der Waals surface area contributed by atoms with Gasteiger partial charge in [-0.25, -0.2) is 4.79 Å². The van der Waals surface area contributed by atoms with Crippen LogP contribution in [0.1, 0.15) is 38.1 Å². The van der Waals surface area contributed by atoms with Gasteiger partial charge < -0.3 is 20.3 Å². The molecule has 2 N–H and O–H groups in total. The van der Waals surface area contributed by atoms with Crippen LogP contribution in [0.15, 0.2) is 24.3 Å². The van der Waals surface area contributed by atoms with E-state index in [1.807, 2.05) is 27.7 Å². The highest BCUT2D eigenvalue weighted by atomic mass is 16.6. The Morgan fingerprint density at radius 3 is 2.30 bits per heavy atom. The van der Waals surface area contributed by atoms with Gasteiger partial charge >= 0.3 is 6.09 Å². The van der Waals surface area contributed by atoms with Crippen LogP contribution in [0.4, 0.5) is 10.5 Å². The standard InChI is InChI=1S/C17H25N3O3/c1-12-11-19(16(22)23-17(2,3)4)9-10-20(12)15(21)13-5-7-14(18)8-6-13/h5-8,12H,9-11,18H2,1-4H3/t12-/m1/s1. The molecule has 126 valence electrons. The summed E-state index contributed by atoms with van der Waals surface area (Å²) in [4.78, 5) is 28.1. The van der Waals surface area contributed by atoms with E-state index in [0.717, 1.165) is 0 Å². The van der Waals surface area contributed by atoms with E-state index in [4.69, 9.17) is 10.5 Å². The molecule has 2 rings (SSSR count). The van der Waals surface area contributed by atoms with Crippen LogP contribution in [0.3, 0.4) is 0 Å². The number of carbonyl (C=O) groups excluding carboxylic acids is 2. The minimum atomic E-state index is -0.517. The van der Waals surface area contributed by atoms with Crippen LogP contribution in [0, 0.1) is 0 Å². The monoisotopic (exact) mass is 319 g/mol. The first-order chi connectivity index (χ1) is 10.7. The second-order valence-electron chi connectivity index (χ2n) is 6.90. The molecule has 1 aliphatic rings. The number of amides is 2. The Balaban J connectivity index is 2.00. The highest BCUT2D eigenvalue weighted by molar-refractivity contribution is 5.94. The molecular weight excluding hydrogens is 294 g/mol. The molecule has 1 aromatic rings. The summed E-state index contributed by atoms with van der Waals surface area (Å²) in [5.41, 5.74) is 6.37. The summed E-state index contributed by atoms with van der Waals surface area (Å²) in [5, 5.41) is 0. The fraction of sp³-hybridized carbons (Fsp3) is 0.529. The predicted molar refractivity (Wildman–Crippen MR) is 89.2 cm³/mol. The van der Waals surface area contributed by atoms with E-state index in [-0.39, 0.29) is 18.0 Å². The second kappa shape index (κ2) is 6.48. The topological polar surface area (TPSA) is 75.9 Å². The summed E-state index contributed by atoms with van der Waals surface area (Å²) in [5.74, 6) is -0.0404. The predicted octanol–water partition coefficient (Wildman–Crippen LogP) is 2.35. The molecule has 0 spiro atoms. The number of carbonyl (C=O) groups is 2. The van der Waals surface area contributed by atoms with Crippen LogP contribution < -0.4 is 5.73 Å². The maximum absolute atomic E-state index is 12.6. The number of nitrogens with zero attached hydrogens (tertiary/aromatic N) is 2. The molecule has 1 aromatic carbocycles. The van der Waals surface area contributed by atoms with Gasteiger partial charge in [-0.1, -0.05) is 0 Å². The van der Waals surface area contributed by atoms with Gasteiger partial charge in [0.2, 0.25) is 0 Å². The molecule has 0 saturated carbocycles. The van der Waals surface area contributed by atoms with Crippen LogP contribution in [-0.4, -0.2) is 53.1 Å². The normalized spacial score (nSPS) is 18.7. The summed E-state index contributed by atoms with van der Waals surface area (Å²) >= 11 is 0. The third-order valence-electron chi connectivity index (χ3n) is 3.70. The van der Waals surface area contributed by atoms with E-state index in [0.29, 0.717) is 30.9 Å². The van der Waals surface area contributed by atoms with Crippen molar-refractivity contribution in [3.63, 3.8) is 0 Å². The zero-order valence-corrected chi connectivity index (χ0v) is 14.2. The minimum absolute atomic E-state index is 0.0404. The summed E-state index contributed by atoms with van der Waals surface area (Å²) < 4.78 is 5.39. The van der Waals surface area contributed by atoms with E-state index in [2.05, 4.69) is 0 Å². The van der Waals surface area contributed by atoms with E-state index >= 15 is 0 Å². The highest BCUT2D eigenvalue weighted by Crippen LogP contribution is 2.17. The third kappa shape index (κ3) is 4.37. The Morgan fingerprint density at radius 2 is 1.78 bits per heavy atom. The number of nitrogen functional groups attached to an aromatic ring is 1. The maximum Gasteiger partial charge on any atom is 0.410 e. The van der Waals surface area contributed by atoms with Crippen LogP contribution in [0.2, 0.25) is 0 Å². The van der Waals surface area contributed by atoms with Crippen molar-refractivity contribution in [3.8, 4) is 0 Å². The van der Waals surface area contributed by atoms with Gasteiger partial charge in [0.1, 0.15) is 5.60 Å². The summed E-state index contributed by atoms with van der Waals surface area (Å²) in [6.07, 6.45) is -0.330. The molecule has 23 heavy (non-hydrogen) atoms. The molecule has 1 atom stereocenters. The number of anilines is 1. The fourth-order valence-corrected chi connectivity index (χ4v) is 2.54. The highest BCUT2D eigenvalue weighted by Gasteiger charge is 2.32. The number of benzene rings is 1. The summed E-state index contributed by atoms with van der Waals surface area (Å²) in [7, 11) is 0. The lowest BCUT2D eigenvalue weighted by Crippen LogP contribution is -2.56. The molecule has 1 saturated heterocycles. The molecule has 0 aliphatic carbocycles. The van der Waals surface area contributed by atoms with E-state index in [1.54, 1.807) is 34.1 Å². The van der Waals surface area contributed by atoms with Gasteiger partial charge in [0.05, 0.1) is 0 Å². The number of hydrogen-bond acceptors (Lipinski definition) is 4. The number of rotatable bonds is 1. The number of nitrogens with two attached hydrogens (primary N) is 1. The lowest BCUT2D eigenvalue weighted by molar-refractivity contribution is 0.00617. The summed E-state index contributed by atoms with van der Waals surface area (Å²) in [6.45, 7) is 8.89. The first-order valence-electron chi connectivity index (χ1n) is 7.82. The molecule has 1 aliphatic heterocycles. The third-order valence-corrected chi connectivity index (χ3v) is 3.70. The minimum Gasteiger partial charge on any atom is -0.444 e. The molecule has 0 radical (unpaired) electrons. The Labute approximate surface area is 137 Å². The molecule has 6 nitrogen and oxygen atoms in total. The van der Waals surface area contributed by atoms with Gasteiger partial charge in [0, 0.05) is 36.9 Å². The molecule has 0 aromatic heterocycles. The average molecular weight is 319 g/mol. The van der Waals surface area contributed by atoms with Crippen molar-refractivity contribution < 1.29 is 14.3 Å². The van der Waals surface area contributed by atoms with E-state index in [9.17, 15) is 9.59 Å². The molecular formula is C17H25N3O3. The Kier molecular flexibility index (Phi) is 4.82. The van der Waals surface area contributed by atoms with Gasteiger partial charge in [-0.05, 0) is 52.0 Å². The Hall–Kier alpha value is -2.24. The lowest BCUT2D eigenvalue weighted by Gasteiger charge is -2.40. The molecule has 1 fully saturated rings. The van der Waals surface area contributed by atoms with Crippen molar-refractivity contribution in [1.29, 1.82) is 0 Å².